The summed E-state index contributed by atoms with van der Waals surface area (Å²) in [7, 11) is 0. The summed E-state index contributed by atoms with van der Waals surface area (Å²) in [4.78, 5) is 25.3. The fraction of sp³-hybridized carbons (Fsp3) is 0.118. The number of rotatable bonds is 4. The van der Waals surface area contributed by atoms with Crippen molar-refractivity contribution in [3.63, 3.8) is 0 Å². The number of nitro groups is 1. The number of nitrogens with zero attached hydrogens (tertiary/aromatic N) is 1. The van der Waals surface area contributed by atoms with Crippen molar-refractivity contribution in [1.29, 1.82) is 0 Å². The zero-order chi connectivity index (χ0) is 16.6. The number of carboxylic acids is 1. The molecule has 0 radical (unpaired) electrons. The first-order valence-electron chi connectivity index (χ1n) is 7.04. The summed E-state index contributed by atoms with van der Waals surface area (Å²) in [6, 6.07) is 12.2. The van der Waals surface area contributed by atoms with E-state index in [9.17, 15) is 20.0 Å². The summed E-state index contributed by atoms with van der Waals surface area (Å²) < 4.78 is 0. The maximum atomic E-state index is 11.3. The number of non-ortho nitro benzene ring substituents is 1. The highest BCUT2D eigenvalue weighted by Gasteiger charge is 2.23. The second-order valence-corrected chi connectivity index (χ2v) is 5.32. The molecule has 0 fully saturated rings. The third kappa shape index (κ3) is 2.55. The molecule has 2 aromatic carbocycles. The first kappa shape index (κ1) is 14.8. The van der Waals surface area contributed by atoms with Gasteiger partial charge in [0, 0.05) is 17.2 Å². The molecule has 6 nitrogen and oxygen atoms in total. The minimum Gasteiger partial charge on any atom is -0.481 e. The van der Waals surface area contributed by atoms with Crippen LogP contribution >= 0.6 is 0 Å². The van der Waals surface area contributed by atoms with Gasteiger partial charge in [0.15, 0.2) is 0 Å². The monoisotopic (exact) mass is 310 g/mol. The molecule has 0 bridgehead atoms. The highest BCUT2D eigenvalue weighted by molar-refractivity contribution is 5.99. The summed E-state index contributed by atoms with van der Waals surface area (Å²) in [6.45, 7) is 1.92. The number of hydrogen-bond acceptors (Lipinski definition) is 3. The molecule has 23 heavy (non-hydrogen) atoms. The molecular weight excluding hydrogens is 296 g/mol. The van der Waals surface area contributed by atoms with E-state index in [1.165, 1.54) is 6.07 Å². The zero-order valence-corrected chi connectivity index (χ0v) is 12.4. The quantitative estimate of drug-likeness (QED) is 0.567. The van der Waals surface area contributed by atoms with Crippen LogP contribution in [0.5, 0.6) is 0 Å². The Balaban J connectivity index is 2.38. The predicted octanol–water partition coefficient (Wildman–Crippen LogP) is 3.68. The highest BCUT2D eigenvalue weighted by atomic mass is 16.6. The average molecular weight is 310 g/mol. The fourth-order valence-electron chi connectivity index (χ4n) is 2.86. The molecule has 2 N–H and O–H groups in total. The van der Waals surface area contributed by atoms with Gasteiger partial charge in [-0.25, -0.2) is 0 Å². The fourth-order valence-corrected chi connectivity index (χ4v) is 2.86. The summed E-state index contributed by atoms with van der Waals surface area (Å²) in [5.74, 6) is -1.03. The van der Waals surface area contributed by atoms with Crippen LogP contribution in [0.25, 0.3) is 22.2 Å². The summed E-state index contributed by atoms with van der Waals surface area (Å²) in [5, 5.41) is 20.9. The van der Waals surface area contributed by atoms with Gasteiger partial charge in [0.25, 0.3) is 5.69 Å². The lowest BCUT2D eigenvalue weighted by Gasteiger charge is -2.06. The predicted molar refractivity (Wildman–Crippen MR) is 86.5 cm³/mol. The molecule has 0 unspecified atom stereocenters. The number of nitrogens with one attached hydrogen (secondary N) is 1. The third-order valence-corrected chi connectivity index (χ3v) is 3.84. The Hall–Kier alpha value is -3.15. The van der Waals surface area contributed by atoms with Gasteiger partial charge in [-0.3, -0.25) is 14.9 Å². The van der Waals surface area contributed by atoms with Crippen molar-refractivity contribution in [3.8, 4) is 11.3 Å². The Bertz CT molecular complexity index is 927. The third-order valence-electron chi connectivity index (χ3n) is 3.84. The Labute approximate surface area is 131 Å². The topological polar surface area (TPSA) is 96.2 Å². The molecule has 0 aliphatic rings. The van der Waals surface area contributed by atoms with Crippen molar-refractivity contribution >= 4 is 22.6 Å². The number of aromatic amines is 1. The van der Waals surface area contributed by atoms with Gasteiger partial charge in [0.2, 0.25) is 0 Å². The first-order chi connectivity index (χ1) is 11.0. The van der Waals surface area contributed by atoms with Crippen molar-refractivity contribution in [1.82, 2.24) is 4.98 Å². The number of benzene rings is 2. The second kappa shape index (κ2) is 5.57. The van der Waals surface area contributed by atoms with E-state index in [0.29, 0.717) is 22.2 Å². The number of fused-ring (bicyclic) bond motifs is 1. The van der Waals surface area contributed by atoms with Gasteiger partial charge in [0.05, 0.1) is 27.9 Å². The molecule has 1 aromatic heterocycles. The van der Waals surface area contributed by atoms with Gasteiger partial charge in [-0.05, 0) is 18.6 Å². The van der Waals surface area contributed by atoms with Gasteiger partial charge in [-0.2, -0.15) is 0 Å². The van der Waals surface area contributed by atoms with Crippen molar-refractivity contribution in [3.05, 3.63) is 63.7 Å². The number of hydrogen-bond donors (Lipinski definition) is 2. The Morgan fingerprint density at radius 1 is 1.22 bits per heavy atom. The van der Waals surface area contributed by atoms with Crippen LogP contribution in [0.1, 0.15) is 11.1 Å². The largest absolute Gasteiger partial charge is 0.481 e. The summed E-state index contributed by atoms with van der Waals surface area (Å²) in [6.07, 6.45) is -0.283. The molecule has 1 heterocycles. The van der Waals surface area contributed by atoms with Gasteiger partial charge >= 0.3 is 5.97 Å². The minimum absolute atomic E-state index is 0.0881. The number of nitro benzene ring substituents is 1. The standard InChI is InChI=1S/C17H14N2O4/c1-10-5-2-3-6-11(10)17-12(9-15(20)21)16-13(18-17)7-4-8-14(16)19(22)23/h2-8,18H,9H2,1H3,(H,20,21). The SMILES string of the molecule is Cc1ccccc1-c1[nH]c2cccc([N+](=O)[O-])c2c1CC(=O)O. The van der Waals surface area contributed by atoms with E-state index in [1.54, 1.807) is 12.1 Å². The molecule has 0 aliphatic heterocycles. The van der Waals surface area contributed by atoms with E-state index >= 15 is 0 Å². The molecule has 0 amide bonds. The molecule has 0 atom stereocenters. The average Bonchev–Trinajstić information content (AvgIpc) is 2.85. The number of aryl methyl sites for hydroxylation is 1. The van der Waals surface area contributed by atoms with Crippen molar-refractivity contribution in [2.75, 3.05) is 0 Å². The van der Waals surface area contributed by atoms with Crippen LogP contribution in [0.15, 0.2) is 42.5 Å². The van der Waals surface area contributed by atoms with Crippen LogP contribution in [-0.4, -0.2) is 21.0 Å². The van der Waals surface area contributed by atoms with Crippen LogP contribution in [0.3, 0.4) is 0 Å². The summed E-state index contributed by atoms with van der Waals surface area (Å²) in [5.41, 5.74) is 3.34. The van der Waals surface area contributed by atoms with Crippen LogP contribution in [0, 0.1) is 17.0 Å². The van der Waals surface area contributed by atoms with E-state index < -0.39 is 10.9 Å². The molecule has 0 saturated carbocycles. The zero-order valence-electron chi connectivity index (χ0n) is 12.4. The van der Waals surface area contributed by atoms with Crippen LogP contribution in [-0.2, 0) is 11.2 Å². The summed E-state index contributed by atoms with van der Waals surface area (Å²) >= 11 is 0. The van der Waals surface area contributed by atoms with Crippen molar-refractivity contribution < 1.29 is 14.8 Å². The molecule has 0 spiro atoms. The highest BCUT2D eigenvalue weighted by Crippen LogP contribution is 2.37. The van der Waals surface area contributed by atoms with Crippen molar-refractivity contribution in [2.45, 2.75) is 13.3 Å². The van der Waals surface area contributed by atoms with E-state index in [1.807, 2.05) is 31.2 Å². The second-order valence-electron chi connectivity index (χ2n) is 5.32. The van der Waals surface area contributed by atoms with E-state index in [4.69, 9.17) is 0 Å². The normalized spacial score (nSPS) is 10.8. The molecular formula is C17H14N2O4. The van der Waals surface area contributed by atoms with Crippen LogP contribution in [0.2, 0.25) is 0 Å². The molecule has 3 rings (SSSR count). The first-order valence-corrected chi connectivity index (χ1v) is 7.04. The Kier molecular flexibility index (Phi) is 3.57. The van der Waals surface area contributed by atoms with Crippen LogP contribution in [0.4, 0.5) is 5.69 Å². The number of aliphatic carboxylic acids is 1. The van der Waals surface area contributed by atoms with Gasteiger partial charge in [-0.15, -0.1) is 0 Å². The lowest BCUT2D eigenvalue weighted by molar-refractivity contribution is -0.383. The van der Waals surface area contributed by atoms with Crippen LogP contribution < -0.4 is 0 Å². The maximum Gasteiger partial charge on any atom is 0.307 e. The van der Waals surface area contributed by atoms with E-state index in [0.717, 1.165) is 11.1 Å². The van der Waals surface area contributed by atoms with Crippen molar-refractivity contribution in [2.24, 2.45) is 0 Å². The smallest absolute Gasteiger partial charge is 0.307 e. The minimum atomic E-state index is -1.03. The van der Waals surface area contributed by atoms with Gasteiger partial charge in [0.1, 0.15) is 0 Å². The maximum absolute atomic E-state index is 11.3. The number of carboxylic acid groups (broad SMARTS) is 1. The molecule has 3 aromatic rings. The number of aromatic nitrogens is 1. The van der Waals surface area contributed by atoms with Gasteiger partial charge in [-0.1, -0.05) is 30.3 Å². The number of H-pyrrole nitrogens is 1. The molecule has 0 saturated heterocycles. The van der Waals surface area contributed by atoms with E-state index in [2.05, 4.69) is 4.98 Å². The number of carbonyl (C=O) groups is 1. The Morgan fingerprint density at radius 2 is 1.96 bits per heavy atom. The molecule has 0 aliphatic carbocycles. The molecule has 116 valence electrons. The molecule has 6 heteroatoms. The van der Waals surface area contributed by atoms with E-state index in [-0.39, 0.29) is 12.1 Å². The lowest BCUT2D eigenvalue weighted by atomic mass is 9.99. The van der Waals surface area contributed by atoms with Gasteiger partial charge < -0.3 is 10.1 Å². The lowest BCUT2D eigenvalue weighted by Crippen LogP contribution is -2.02. The Morgan fingerprint density at radius 3 is 2.61 bits per heavy atom.